The van der Waals surface area contributed by atoms with Crippen LogP contribution in [0, 0.1) is 0 Å². The van der Waals surface area contributed by atoms with Crippen LogP contribution in [0.15, 0.2) is 12.2 Å². The maximum absolute atomic E-state index is 11.0. The zero-order valence-corrected chi connectivity index (χ0v) is 14.9. The molecular formula is C15H29N2O6+. The Morgan fingerprint density at radius 2 is 1.57 bits per heavy atom. The zero-order chi connectivity index (χ0) is 18.8. The van der Waals surface area contributed by atoms with Crippen LogP contribution >= 0.6 is 0 Å². The Morgan fingerprint density at radius 3 is 1.83 bits per heavy atom. The van der Waals surface area contributed by atoms with E-state index in [9.17, 15) is 19.5 Å². The van der Waals surface area contributed by atoms with Gasteiger partial charge in [-0.1, -0.05) is 6.58 Å². The van der Waals surface area contributed by atoms with Gasteiger partial charge in [0.25, 0.3) is 0 Å². The van der Waals surface area contributed by atoms with Crippen molar-refractivity contribution in [3.63, 3.8) is 0 Å². The van der Waals surface area contributed by atoms with Crippen molar-refractivity contribution in [2.75, 3.05) is 61.5 Å². The van der Waals surface area contributed by atoms with Crippen LogP contribution < -0.4 is 5.11 Å². The third kappa shape index (κ3) is 18.0. The lowest BCUT2D eigenvalue weighted by molar-refractivity contribution is -0.883. The van der Waals surface area contributed by atoms with E-state index in [1.165, 1.54) is 0 Å². The van der Waals surface area contributed by atoms with Crippen LogP contribution in [0.25, 0.3) is 0 Å². The van der Waals surface area contributed by atoms with Gasteiger partial charge in [-0.2, -0.15) is 0 Å². The number of hydrogen-bond acceptors (Lipinski definition) is 5. The number of aliphatic carboxylic acids is 2. The van der Waals surface area contributed by atoms with E-state index in [4.69, 9.17) is 9.84 Å². The Balaban J connectivity index is 0. The van der Waals surface area contributed by atoms with Crippen LogP contribution in [-0.4, -0.2) is 93.5 Å². The molecule has 0 rings (SSSR count). The average Bonchev–Trinajstić information content (AvgIpc) is 2.23. The van der Waals surface area contributed by atoms with Gasteiger partial charge in [0.2, 0.25) is 0 Å². The van der Waals surface area contributed by atoms with Gasteiger partial charge in [0.1, 0.15) is 19.7 Å². The highest BCUT2D eigenvalue weighted by Gasteiger charge is 2.19. The Hall–Kier alpha value is -1.93. The highest BCUT2D eigenvalue weighted by molar-refractivity contribution is 5.86. The van der Waals surface area contributed by atoms with Gasteiger partial charge in [0.15, 0.2) is 6.54 Å². The van der Waals surface area contributed by atoms with Gasteiger partial charge < -0.3 is 28.7 Å². The van der Waals surface area contributed by atoms with Crippen molar-refractivity contribution in [2.45, 2.75) is 6.92 Å². The minimum Gasteiger partial charge on any atom is -0.544 e. The predicted molar refractivity (Wildman–Crippen MR) is 83.2 cm³/mol. The molecule has 1 N–H and O–H groups in total. The molecular weight excluding hydrogens is 304 g/mol. The van der Waals surface area contributed by atoms with Crippen LogP contribution in [0.4, 0.5) is 0 Å². The van der Waals surface area contributed by atoms with Gasteiger partial charge in [0, 0.05) is 5.57 Å². The number of carboxylic acid groups (broad SMARTS) is 2. The molecule has 8 nitrogen and oxygen atoms in total. The number of ether oxygens (including phenoxy) is 1. The molecule has 0 aromatic heterocycles. The quantitative estimate of drug-likeness (QED) is 0.337. The predicted octanol–water partition coefficient (Wildman–Crippen LogP) is -1.29. The largest absolute Gasteiger partial charge is 0.544 e. The summed E-state index contributed by atoms with van der Waals surface area (Å²) in [5, 5.41) is 18.5. The molecule has 0 aromatic carbocycles. The van der Waals surface area contributed by atoms with Crippen LogP contribution in [0.3, 0.4) is 0 Å². The van der Waals surface area contributed by atoms with E-state index in [0.29, 0.717) is 16.6 Å². The molecule has 0 amide bonds. The van der Waals surface area contributed by atoms with Gasteiger partial charge in [-0.05, 0) is 6.92 Å². The van der Waals surface area contributed by atoms with Gasteiger partial charge in [-0.3, -0.25) is 0 Å². The Labute approximate surface area is 137 Å². The lowest BCUT2D eigenvalue weighted by Crippen LogP contribution is -2.46. The Bertz CT molecular complexity index is 438. The molecule has 0 aromatic rings. The van der Waals surface area contributed by atoms with Gasteiger partial charge in [-0.25, -0.2) is 9.59 Å². The summed E-state index contributed by atoms with van der Waals surface area (Å²) in [7, 11) is 8.94. The third-order valence-corrected chi connectivity index (χ3v) is 2.44. The van der Waals surface area contributed by atoms with Crippen LogP contribution in [0.2, 0.25) is 0 Å². The summed E-state index contributed by atoms with van der Waals surface area (Å²) in [4.78, 5) is 31.4. The lowest BCUT2D eigenvalue weighted by atomic mass is 10.4. The summed E-state index contributed by atoms with van der Waals surface area (Å²) in [5.41, 5.74) is 0.346. The smallest absolute Gasteiger partial charge is 0.359 e. The number of hydrogen-bond donors (Lipinski definition) is 1. The molecule has 0 fully saturated rings. The van der Waals surface area contributed by atoms with E-state index in [-0.39, 0.29) is 24.2 Å². The summed E-state index contributed by atoms with van der Waals surface area (Å²) in [6, 6.07) is 0. The molecule has 0 aliphatic rings. The standard InChI is InChI=1S/C10H17NO4.C5H11NO2/c1-8(2)10(14)15-6-5-11(3,4)7-9(12)13;1-6(2,3)4-5(7)8/h1,5-7H2,2-4H3;4H2,1-3H3/p+1. The summed E-state index contributed by atoms with van der Waals surface area (Å²) in [6.45, 7) is 5.75. The zero-order valence-electron chi connectivity index (χ0n) is 14.9. The minimum atomic E-state index is -1.00. The molecule has 0 saturated heterocycles. The molecule has 0 radical (unpaired) electrons. The molecule has 8 heteroatoms. The maximum atomic E-state index is 11.0. The molecule has 0 unspecified atom stereocenters. The second kappa shape index (κ2) is 9.96. The van der Waals surface area contributed by atoms with Gasteiger partial charge in [0.05, 0.1) is 41.2 Å². The fraction of sp³-hybridized carbons (Fsp3) is 0.667. The lowest BCUT2D eigenvalue weighted by Gasteiger charge is -2.27. The first kappa shape index (κ1) is 23.3. The van der Waals surface area contributed by atoms with Crippen LogP contribution in [-0.2, 0) is 19.1 Å². The summed E-state index contributed by atoms with van der Waals surface area (Å²) in [5.74, 6) is -2.31. The monoisotopic (exact) mass is 333 g/mol. The SMILES string of the molecule is C=C(C)C(=O)OCC[N+](C)(C)CC(=O)O.C[N+](C)(C)CC(=O)[O-]. The fourth-order valence-corrected chi connectivity index (χ4v) is 1.34. The van der Waals surface area contributed by atoms with Crippen LogP contribution in [0.5, 0.6) is 0 Å². The summed E-state index contributed by atoms with van der Waals surface area (Å²) < 4.78 is 5.57. The summed E-state index contributed by atoms with van der Waals surface area (Å²) >= 11 is 0. The average molecular weight is 333 g/mol. The first-order valence-electron chi connectivity index (χ1n) is 7.03. The molecule has 0 saturated carbocycles. The van der Waals surface area contributed by atoms with Crippen LogP contribution in [0.1, 0.15) is 6.92 Å². The number of esters is 1. The number of rotatable bonds is 8. The highest BCUT2D eigenvalue weighted by atomic mass is 16.5. The van der Waals surface area contributed by atoms with Crippen molar-refractivity contribution in [3.05, 3.63) is 12.2 Å². The van der Waals surface area contributed by atoms with E-state index < -0.39 is 17.9 Å². The van der Waals surface area contributed by atoms with E-state index in [1.807, 2.05) is 0 Å². The van der Waals surface area contributed by atoms with E-state index in [2.05, 4.69) is 6.58 Å². The fourth-order valence-electron chi connectivity index (χ4n) is 1.34. The molecule has 0 aliphatic carbocycles. The second-order valence-corrected chi connectivity index (χ2v) is 6.95. The third-order valence-electron chi connectivity index (χ3n) is 2.44. The number of nitrogens with zero attached hydrogens (tertiary/aromatic N) is 2. The van der Waals surface area contributed by atoms with Crippen molar-refractivity contribution in [3.8, 4) is 0 Å². The van der Waals surface area contributed by atoms with Crippen molar-refractivity contribution in [2.24, 2.45) is 0 Å². The van der Waals surface area contributed by atoms with Crippen molar-refractivity contribution in [1.82, 2.24) is 0 Å². The van der Waals surface area contributed by atoms with E-state index >= 15 is 0 Å². The van der Waals surface area contributed by atoms with E-state index in [0.717, 1.165) is 0 Å². The first-order valence-corrected chi connectivity index (χ1v) is 7.03. The minimum absolute atomic E-state index is 0.00459. The molecule has 0 atom stereocenters. The van der Waals surface area contributed by atoms with Crippen molar-refractivity contribution in [1.29, 1.82) is 0 Å². The topological polar surface area (TPSA) is 104 Å². The molecule has 0 bridgehead atoms. The molecule has 23 heavy (non-hydrogen) atoms. The first-order chi connectivity index (χ1) is 10.2. The number of carbonyl (C=O) groups excluding carboxylic acids is 2. The van der Waals surface area contributed by atoms with Gasteiger partial charge in [-0.15, -0.1) is 0 Å². The number of carbonyl (C=O) groups is 3. The molecule has 0 heterocycles. The Kier molecular flexibility index (Phi) is 10.1. The van der Waals surface area contributed by atoms with E-state index in [1.54, 1.807) is 42.2 Å². The molecule has 0 spiro atoms. The number of quaternary nitrogens is 2. The van der Waals surface area contributed by atoms with Gasteiger partial charge >= 0.3 is 11.9 Å². The Morgan fingerprint density at radius 1 is 1.09 bits per heavy atom. The molecule has 134 valence electrons. The normalized spacial score (nSPS) is 11.0. The van der Waals surface area contributed by atoms with Crippen molar-refractivity contribution < 1.29 is 38.3 Å². The van der Waals surface area contributed by atoms with Crippen molar-refractivity contribution >= 4 is 17.9 Å². The maximum Gasteiger partial charge on any atom is 0.359 e. The second-order valence-electron chi connectivity index (χ2n) is 6.95. The summed E-state index contributed by atoms with van der Waals surface area (Å²) in [6.07, 6.45) is 0. The number of likely N-dealkylation sites (N-methyl/N-ethyl adjacent to an activating group) is 2. The number of carboxylic acids is 2. The molecule has 0 aliphatic heterocycles. The highest BCUT2D eigenvalue weighted by Crippen LogP contribution is 1.98.